The summed E-state index contributed by atoms with van der Waals surface area (Å²) in [6, 6.07) is 17.3. The molecule has 0 bridgehead atoms. The molecule has 0 aliphatic carbocycles. The molecule has 1 heterocycles. The van der Waals surface area contributed by atoms with Gasteiger partial charge in [-0.25, -0.2) is 8.42 Å². The Bertz CT molecular complexity index is 1320. The molecule has 4 rings (SSSR count). The number of ether oxygens (including phenoxy) is 2. The number of fused-ring (bicyclic) bond motifs is 1. The number of carbonyl (C=O) groups excluding carboxylic acids is 1. The monoisotopic (exact) mass is 494 g/mol. The van der Waals surface area contributed by atoms with Crippen LogP contribution in [-0.2, 0) is 16.4 Å². The number of rotatable bonds is 8. The van der Waals surface area contributed by atoms with Crippen LogP contribution < -0.4 is 19.1 Å². The number of benzene rings is 3. The van der Waals surface area contributed by atoms with Crippen LogP contribution in [0.25, 0.3) is 0 Å². The van der Waals surface area contributed by atoms with Gasteiger partial charge in [0.25, 0.3) is 15.9 Å². The summed E-state index contributed by atoms with van der Waals surface area (Å²) in [5.74, 6) is 0.827. The summed E-state index contributed by atoms with van der Waals surface area (Å²) >= 11 is 0. The van der Waals surface area contributed by atoms with E-state index in [-0.39, 0.29) is 10.8 Å². The third-order valence-electron chi connectivity index (χ3n) is 5.83. The molecule has 0 fully saturated rings. The van der Waals surface area contributed by atoms with E-state index >= 15 is 0 Å². The van der Waals surface area contributed by atoms with Crippen molar-refractivity contribution in [2.24, 2.45) is 0 Å². The van der Waals surface area contributed by atoms with Gasteiger partial charge in [0.15, 0.2) is 11.5 Å². The minimum atomic E-state index is -3.67. The largest absolute Gasteiger partial charge is 0.490 e. The maximum Gasteiger partial charge on any atom is 0.264 e. The van der Waals surface area contributed by atoms with Crippen LogP contribution in [-0.4, -0.2) is 34.1 Å². The lowest BCUT2D eigenvalue weighted by atomic mass is 10.0. The topological polar surface area (TPSA) is 84.9 Å². The fourth-order valence-corrected chi connectivity index (χ4v) is 5.66. The van der Waals surface area contributed by atoms with E-state index in [0.717, 1.165) is 17.5 Å². The van der Waals surface area contributed by atoms with Crippen LogP contribution in [0.15, 0.2) is 65.6 Å². The van der Waals surface area contributed by atoms with Crippen LogP contribution >= 0.6 is 0 Å². The number of amides is 1. The van der Waals surface area contributed by atoms with Crippen LogP contribution in [0.1, 0.15) is 41.8 Å². The van der Waals surface area contributed by atoms with Crippen molar-refractivity contribution >= 4 is 27.3 Å². The van der Waals surface area contributed by atoms with E-state index in [1.54, 1.807) is 54.6 Å². The van der Waals surface area contributed by atoms with Crippen LogP contribution in [0.5, 0.6) is 11.5 Å². The molecule has 0 unspecified atom stereocenters. The van der Waals surface area contributed by atoms with Crippen molar-refractivity contribution in [2.75, 3.05) is 29.4 Å². The minimum Gasteiger partial charge on any atom is -0.490 e. The fourth-order valence-electron chi connectivity index (χ4n) is 4.12. The highest BCUT2D eigenvalue weighted by atomic mass is 32.2. The molecule has 184 valence electrons. The summed E-state index contributed by atoms with van der Waals surface area (Å²) in [6.07, 6.45) is 1.43. The first-order valence-electron chi connectivity index (χ1n) is 11.8. The molecule has 7 nitrogen and oxygen atoms in total. The second-order valence-electron chi connectivity index (χ2n) is 8.32. The smallest absolute Gasteiger partial charge is 0.264 e. The number of anilines is 2. The molecule has 0 aromatic heterocycles. The Morgan fingerprint density at radius 1 is 0.943 bits per heavy atom. The van der Waals surface area contributed by atoms with Gasteiger partial charge in [-0.3, -0.25) is 9.10 Å². The van der Waals surface area contributed by atoms with Crippen LogP contribution in [0, 0.1) is 6.92 Å². The average molecular weight is 495 g/mol. The van der Waals surface area contributed by atoms with Gasteiger partial charge in [0.2, 0.25) is 0 Å². The van der Waals surface area contributed by atoms with Gasteiger partial charge in [0.1, 0.15) is 0 Å². The maximum absolute atomic E-state index is 13.3. The number of hydrogen-bond acceptors (Lipinski definition) is 5. The Kier molecular flexibility index (Phi) is 7.31. The van der Waals surface area contributed by atoms with Crippen LogP contribution in [0.2, 0.25) is 0 Å². The second-order valence-corrected chi connectivity index (χ2v) is 10.2. The van der Waals surface area contributed by atoms with Crippen molar-refractivity contribution in [3.63, 3.8) is 0 Å². The van der Waals surface area contributed by atoms with Gasteiger partial charge in [-0.2, -0.15) is 0 Å². The summed E-state index contributed by atoms with van der Waals surface area (Å²) in [4.78, 5) is 13.2. The highest BCUT2D eigenvalue weighted by molar-refractivity contribution is 7.92. The zero-order valence-corrected chi connectivity index (χ0v) is 21.0. The predicted octanol–water partition coefficient (Wildman–Crippen LogP) is 5.19. The van der Waals surface area contributed by atoms with Gasteiger partial charge in [-0.05, 0) is 87.7 Å². The number of nitrogens with one attached hydrogen (secondary N) is 1. The summed E-state index contributed by atoms with van der Waals surface area (Å²) < 4.78 is 39.3. The Hall–Kier alpha value is -3.52. The summed E-state index contributed by atoms with van der Waals surface area (Å²) in [5, 5.41) is 2.92. The number of carbonyl (C=O) groups is 1. The molecule has 1 aliphatic rings. The van der Waals surface area contributed by atoms with Crippen molar-refractivity contribution in [1.82, 2.24) is 0 Å². The van der Waals surface area contributed by atoms with E-state index < -0.39 is 10.0 Å². The molecule has 0 saturated carbocycles. The zero-order valence-electron chi connectivity index (χ0n) is 20.2. The van der Waals surface area contributed by atoms with Gasteiger partial charge in [0.05, 0.1) is 23.8 Å². The number of hydrogen-bond donors (Lipinski definition) is 1. The summed E-state index contributed by atoms with van der Waals surface area (Å²) in [7, 11) is -3.67. The lowest BCUT2D eigenvalue weighted by Crippen LogP contribution is -2.35. The molecule has 1 aliphatic heterocycles. The van der Waals surface area contributed by atoms with Crippen molar-refractivity contribution in [3.05, 3.63) is 77.4 Å². The maximum atomic E-state index is 13.3. The number of sulfonamides is 1. The van der Waals surface area contributed by atoms with Crippen molar-refractivity contribution in [2.45, 2.75) is 38.5 Å². The number of aryl methyl sites for hydroxylation is 2. The first kappa shape index (κ1) is 24.6. The third kappa shape index (κ3) is 5.27. The van der Waals surface area contributed by atoms with Gasteiger partial charge < -0.3 is 14.8 Å². The van der Waals surface area contributed by atoms with Gasteiger partial charge >= 0.3 is 0 Å². The Labute approximate surface area is 206 Å². The Morgan fingerprint density at radius 2 is 1.66 bits per heavy atom. The van der Waals surface area contributed by atoms with Gasteiger partial charge in [0, 0.05) is 17.8 Å². The standard InChI is InChI=1S/C27H30N2O5S/c1-4-33-25-15-10-21(18-26(25)34-5-2)27(30)28-22-11-14-24-20(17-22)7-6-16-29(24)35(31,32)23-12-8-19(3)9-13-23/h8-15,17-18H,4-7,16H2,1-3H3,(H,28,30). The molecule has 3 aromatic carbocycles. The lowest BCUT2D eigenvalue weighted by Gasteiger charge is -2.31. The summed E-state index contributed by atoms with van der Waals surface area (Å²) in [6.45, 7) is 7.06. The normalized spacial score (nSPS) is 13.2. The zero-order chi connectivity index (χ0) is 25.0. The quantitative estimate of drug-likeness (QED) is 0.466. The highest BCUT2D eigenvalue weighted by Gasteiger charge is 2.29. The van der Waals surface area contributed by atoms with Crippen molar-refractivity contribution in [1.29, 1.82) is 0 Å². The number of nitrogens with zero attached hydrogens (tertiary/aromatic N) is 1. The highest BCUT2D eigenvalue weighted by Crippen LogP contribution is 2.34. The Balaban J connectivity index is 1.56. The molecule has 8 heteroatoms. The first-order valence-corrected chi connectivity index (χ1v) is 13.2. The predicted molar refractivity (Wildman–Crippen MR) is 137 cm³/mol. The van der Waals surface area contributed by atoms with Crippen molar-refractivity contribution in [3.8, 4) is 11.5 Å². The first-order chi connectivity index (χ1) is 16.8. The molecule has 0 atom stereocenters. The lowest BCUT2D eigenvalue weighted by molar-refractivity contribution is 0.102. The van der Waals surface area contributed by atoms with Crippen molar-refractivity contribution < 1.29 is 22.7 Å². The fraction of sp³-hybridized carbons (Fsp3) is 0.296. The van der Waals surface area contributed by atoms with Gasteiger partial charge in [-0.15, -0.1) is 0 Å². The van der Waals surface area contributed by atoms with Crippen LogP contribution in [0.4, 0.5) is 11.4 Å². The van der Waals surface area contributed by atoms with Crippen LogP contribution in [0.3, 0.4) is 0 Å². The molecule has 0 saturated heterocycles. The summed E-state index contributed by atoms with van der Waals surface area (Å²) in [5.41, 5.74) is 3.58. The SMILES string of the molecule is CCOc1ccc(C(=O)Nc2ccc3c(c2)CCCN3S(=O)(=O)c2ccc(C)cc2)cc1OCC. The molecule has 35 heavy (non-hydrogen) atoms. The minimum absolute atomic E-state index is 0.272. The van der Waals surface area contributed by atoms with E-state index in [4.69, 9.17) is 9.47 Å². The molecule has 3 aromatic rings. The third-order valence-corrected chi connectivity index (χ3v) is 7.66. The van der Waals surface area contributed by atoms with E-state index in [9.17, 15) is 13.2 Å². The molecule has 0 radical (unpaired) electrons. The molecule has 1 N–H and O–H groups in total. The van der Waals surface area contributed by atoms with E-state index in [1.807, 2.05) is 26.8 Å². The molecular weight excluding hydrogens is 464 g/mol. The molecule has 1 amide bonds. The molecule has 0 spiro atoms. The molecular formula is C27H30N2O5S. The second kappa shape index (κ2) is 10.4. The Morgan fingerprint density at radius 3 is 2.37 bits per heavy atom. The van der Waals surface area contributed by atoms with Gasteiger partial charge in [-0.1, -0.05) is 17.7 Å². The van der Waals surface area contributed by atoms with E-state index in [1.165, 1.54) is 4.31 Å². The van der Waals surface area contributed by atoms with E-state index in [0.29, 0.717) is 54.6 Å². The van der Waals surface area contributed by atoms with E-state index in [2.05, 4.69) is 5.32 Å². The average Bonchev–Trinajstić information content (AvgIpc) is 2.85.